The van der Waals surface area contributed by atoms with Gasteiger partial charge >= 0.3 is 10.4 Å². The molecule has 25 nitrogen and oxygen atoms in total. The van der Waals surface area contributed by atoms with Crippen LogP contribution in [0, 0.1) is 17.8 Å². The molecule has 1 aromatic rings. The van der Waals surface area contributed by atoms with Crippen LogP contribution >= 0.6 is 0 Å². The van der Waals surface area contributed by atoms with Gasteiger partial charge in [-0.05, 0) is 74.1 Å². The number of nitrogens with two attached hydrogens (primary N) is 2. The Morgan fingerprint density at radius 2 is 1.29 bits per heavy atom. The summed E-state index contributed by atoms with van der Waals surface area (Å²) in [5, 5.41) is 37.9. The molecule has 8 amide bonds. The van der Waals surface area contributed by atoms with Gasteiger partial charge in [-0.1, -0.05) is 41.5 Å². The quantitative estimate of drug-likeness (QED) is 0.0340. The number of phenolic OH excluding ortho intramolecular Hbond substituents is 1. The molecule has 0 aromatic heterocycles. The fourth-order valence-electron chi connectivity index (χ4n) is 7.49. The lowest BCUT2D eigenvalue weighted by Gasteiger charge is -2.32. The van der Waals surface area contributed by atoms with E-state index in [1.54, 1.807) is 41.5 Å². The van der Waals surface area contributed by atoms with Crippen molar-refractivity contribution >= 4 is 63.6 Å². The highest BCUT2D eigenvalue weighted by molar-refractivity contribution is 7.80. The Morgan fingerprint density at radius 3 is 1.85 bits per heavy atom. The number of phenols is 1. The second-order valence-electron chi connectivity index (χ2n) is 17.8. The van der Waals surface area contributed by atoms with Crippen LogP contribution in [-0.2, 0) is 48.1 Å². The van der Waals surface area contributed by atoms with Crippen molar-refractivity contribution in [1.29, 1.82) is 0 Å². The summed E-state index contributed by atoms with van der Waals surface area (Å²) >= 11 is 0. The monoisotopic (exact) mass is 981 g/mol. The number of guanidine groups is 1. The lowest BCUT2D eigenvalue weighted by atomic mass is 9.99. The average molecular weight is 982 g/mol. The molecular weight excluding hydrogens is 915 g/mol. The first-order valence-corrected chi connectivity index (χ1v) is 23.7. The van der Waals surface area contributed by atoms with E-state index < -0.39 is 137 Å². The van der Waals surface area contributed by atoms with E-state index in [-0.39, 0.29) is 62.0 Å². The molecule has 2 aliphatic heterocycles. The third-order valence-electron chi connectivity index (χ3n) is 11.0. The molecule has 68 heavy (non-hydrogen) atoms. The number of benzene rings is 1. The summed E-state index contributed by atoms with van der Waals surface area (Å²) in [6, 6.07) is -5.12. The second-order valence-corrected chi connectivity index (χ2v) is 18.8. The Morgan fingerprint density at radius 1 is 0.765 bits per heavy atom. The van der Waals surface area contributed by atoms with Gasteiger partial charge in [-0.15, -0.1) is 0 Å². The van der Waals surface area contributed by atoms with E-state index >= 15 is 0 Å². The maximum Gasteiger partial charge on any atom is 0.397 e. The Bertz CT molecular complexity index is 2100. The summed E-state index contributed by atoms with van der Waals surface area (Å²) in [6.07, 6.45) is -1.73. The van der Waals surface area contributed by atoms with E-state index in [1.165, 1.54) is 24.3 Å². The van der Waals surface area contributed by atoms with Crippen molar-refractivity contribution in [2.45, 2.75) is 128 Å². The number of rotatable bonds is 16. The van der Waals surface area contributed by atoms with Crippen LogP contribution in [0.4, 0.5) is 0 Å². The molecule has 0 spiro atoms. The van der Waals surface area contributed by atoms with Crippen molar-refractivity contribution in [3.05, 3.63) is 29.8 Å². The SMILES string of the molecule is CC(C)C[C@H]1NC(=O)[C@@H](CO)NC(=O)[C@H](C(C)C)NC(=O)[C@H](CCNC(=O)c2ccc(O)cc2)NC(=O)C2CC(OS(=O)(=O)O)CN2C(=O)C(C(C)C)NC(=O)C(CCCCN=C(N)N)NC1=O. The fourth-order valence-corrected chi connectivity index (χ4v) is 7.97. The Hall–Kier alpha value is -6.12. The normalized spacial score (nSPS) is 25.0. The van der Waals surface area contributed by atoms with Crippen molar-refractivity contribution in [3.8, 4) is 5.75 Å². The zero-order valence-corrected chi connectivity index (χ0v) is 39.8. The molecular formula is C42H67N11O14S. The van der Waals surface area contributed by atoms with Crippen molar-refractivity contribution in [1.82, 2.24) is 42.1 Å². The minimum atomic E-state index is -5.14. The number of carbonyl (C=O) groups is 8. The van der Waals surface area contributed by atoms with Crippen LogP contribution < -0.4 is 48.7 Å². The highest BCUT2D eigenvalue weighted by Crippen LogP contribution is 2.25. The van der Waals surface area contributed by atoms with E-state index in [0.29, 0.717) is 6.42 Å². The number of aliphatic hydroxyl groups excluding tert-OH is 1. The summed E-state index contributed by atoms with van der Waals surface area (Å²) in [5.41, 5.74) is 11.0. The predicted octanol–water partition coefficient (Wildman–Crippen LogP) is -2.98. The number of aliphatic imine (C=N–C) groups is 1. The standard InChI is InChI=1S/C42H67N11O14S/c1-21(2)17-29-37(59)47-27(9-7-8-15-46-42(43)44)35(57)52-33(23(5)6)41(63)53-19-26(67-68(64,65)66)18-31(53)39(61)48-28(14-16-45-34(56)24-10-12-25(55)13-11-24)36(58)51-32(22(3)4)40(62)50-30(20-54)38(60)49-29/h10-13,21-23,26-33,54-55H,7-9,14-20H2,1-6H3,(H,45,56)(H,47,59)(H,48,61)(H,49,60)(H,50,62)(H,51,58)(H,52,57)(H4,43,44,46)(H,64,65,66)/t26?,27?,28-,29+,30+,31?,32-,33?/m0/s1. The molecule has 4 unspecified atom stereocenters. The molecule has 1 aromatic carbocycles. The molecule has 2 fully saturated rings. The Labute approximate surface area is 395 Å². The zero-order chi connectivity index (χ0) is 51.0. The summed E-state index contributed by atoms with van der Waals surface area (Å²) in [6.45, 7) is 8.15. The number of unbranched alkanes of at least 4 members (excludes halogenated alkanes) is 1. The number of nitrogens with zero attached hydrogens (tertiary/aromatic N) is 2. The van der Waals surface area contributed by atoms with Gasteiger partial charge in [-0.2, -0.15) is 8.42 Å². The highest BCUT2D eigenvalue weighted by Gasteiger charge is 2.46. The molecule has 380 valence electrons. The topological polar surface area (TPSA) is 392 Å². The third kappa shape index (κ3) is 17.5. The third-order valence-corrected chi connectivity index (χ3v) is 11.6. The molecule has 14 N–H and O–H groups in total. The van der Waals surface area contributed by atoms with Crippen molar-refractivity contribution in [2.24, 2.45) is 34.2 Å². The summed E-state index contributed by atoms with van der Waals surface area (Å²) in [5.74, 6) is -9.02. The number of hydrogen-bond acceptors (Lipinski definition) is 14. The summed E-state index contributed by atoms with van der Waals surface area (Å²) < 4.78 is 38.2. The largest absolute Gasteiger partial charge is 0.508 e. The summed E-state index contributed by atoms with van der Waals surface area (Å²) in [7, 11) is -5.14. The van der Waals surface area contributed by atoms with Gasteiger partial charge in [0.1, 0.15) is 48.0 Å². The maximum absolute atomic E-state index is 14.6. The number of fused-ring (bicyclic) bond motifs is 1. The van der Waals surface area contributed by atoms with Crippen LogP contribution in [0.5, 0.6) is 5.75 Å². The van der Waals surface area contributed by atoms with Crippen LogP contribution in [0.2, 0.25) is 0 Å². The van der Waals surface area contributed by atoms with E-state index in [1.807, 2.05) is 0 Å². The van der Waals surface area contributed by atoms with E-state index in [0.717, 1.165) is 4.90 Å². The molecule has 2 aliphatic rings. The van der Waals surface area contributed by atoms with Crippen molar-refractivity contribution < 1.29 is 65.7 Å². The number of amides is 8. The molecule has 0 radical (unpaired) electrons. The van der Waals surface area contributed by atoms with Gasteiger partial charge in [0.2, 0.25) is 41.4 Å². The van der Waals surface area contributed by atoms with Gasteiger partial charge in [-0.25, -0.2) is 4.18 Å². The number of carbonyl (C=O) groups excluding carboxylic acids is 8. The van der Waals surface area contributed by atoms with Crippen LogP contribution in [0.15, 0.2) is 29.3 Å². The van der Waals surface area contributed by atoms with Crippen molar-refractivity contribution in [3.63, 3.8) is 0 Å². The Kier molecular flexibility index (Phi) is 21.4. The summed E-state index contributed by atoms with van der Waals surface area (Å²) in [4.78, 5) is 117. The van der Waals surface area contributed by atoms with E-state index in [2.05, 4.69) is 42.2 Å². The molecule has 2 heterocycles. The maximum atomic E-state index is 14.6. The molecule has 2 saturated heterocycles. The van der Waals surface area contributed by atoms with Crippen LogP contribution in [0.3, 0.4) is 0 Å². The van der Waals surface area contributed by atoms with Gasteiger partial charge < -0.3 is 63.8 Å². The van der Waals surface area contributed by atoms with Crippen LogP contribution in [0.25, 0.3) is 0 Å². The molecule has 26 heteroatoms. The molecule has 0 aliphatic carbocycles. The fraction of sp³-hybridized carbons (Fsp3) is 0.643. The smallest absolute Gasteiger partial charge is 0.397 e. The van der Waals surface area contributed by atoms with Crippen molar-refractivity contribution in [2.75, 3.05) is 26.2 Å². The number of nitrogens with one attached hydrogen (secondary N) is 7. The number of hydrogen-bond donors (Lipinski definition) is 12. The number of aromatic hydroxyl groups is 1. The lowest BCUT2D eigenvalue weighted by Crippen LogP contribution is -2.61. The first-order chi connectivity index (χ1) is 31.8. The number of aliphatic hydroxyl groups is 1. The zero-order valence-electron chi connectivity index (χ0n) is 39.0. The molecule has 0 saturated carbocycles. The van der Waals surface area contributed by atoms with Gasteiger partial charge in [0.25, 0.3) is 5.91 Å². The highest BCUT2D eigenvalue weighted by atomic mass is 32.3. The van der Waals surface area contributed by atoms with Gasteiger partial charge in [0, 0.05) is 31.6 Å². The first kappa shape index (κ1) is 56.2. The minimum Gasteiger partial charge on any atom is -0.508 e. The molecule has 3 rings (SSSR count). The average Bonchev–Trinajstić information content (AvgIpc) is 3.66. The van der Waals surface area contributed by atoms with Crippen LogP contribution in [0.1, 0.15) is 90.4 Å². The van der Waals surface area contributed by atoms with Gasteiger partial charge in [-0.3, -0.25) is 47.9 Å². The predicted molar refractivity (Wildman–Crippen MR) is 244 cm³/mol. The van der Waals surface area contributed by atoms with E-state index in [4.69, 9.17) is 15.7 Å². The van der Waals surface area contributed by atoms with Gasteiger partial charge in [0.05, 0.1) is 12.7 Å². The van der Waals surface area contributed by atoms with Gasteiger partial charge in [0.15, 0.2) is 5.96 Å². The Balaban J connectivity index is 2.16. The molecule has 0 bridgehead atoms. The first-order valence-electron chi connectivity index (χ1n) is 22.3. The lowest BCUT2D eigenvalue weighted by molar-refractivity contribution is -0.143. The second kappa shape index (κ2) is 25.9. The minimum absolute atomic E-state index is 0.0261. The van der Waals surface area contributed by atoms with Crippen LogP contribution in [-0.4, -0.2) is 156 Å². The molecule has 8 atom stereocenters. The van der Waals surface area contributed by atoms with E-state index in [9.17, 15) is 61.5 Å².